The van der Waals surface area contributed by atoms with Crippen LogP contribution in [0, 0.1) is 0 Å². The molecule has 0 saturated carbocycles. The number of ether oxygens (including phenoxy) is 2. The van der Waals surface area contributed by atoms with E-state index >= 15 is 0 Å². The molecule has 1 fully saturated rings. The van der Waals surface area contributed by atoms with Crippen LogP contribution in [0.15, 0.2) is 46.4 Å². The summed E-state index contributed by atoms with van der Waals surface area (Å²) in [6.45, 7) is 4.46. The van der Waals surface area contributed by atoms with Crippen molar-refractivity contribution in [2.45, 2.75) is 13.8 Å². The summed E-state index contributed by atoms with van der Waals surface area (Å²) in [6.07, 6.45) is 1.42. The molecule has 1 aliphatic heterocycles. The molecule has 0 aliphatic carbocycles. The molecule has 0 radical (unpaired) electrons. The zero-order valence-electron chi connectivity index (χ0n) is 16.3. The highest BCUT2D eigenvalue weighted by molar-refractivity contribution is 9.10. The number of carbonyl (C=O) groups excluding carboxylic acids is 2. The van der Waals surface area contributed by atoms with Gasteiger partial charge in [0.15, 0.2) is 16.6 Å². The monoisotopic (exact) mass is 490 g/mol. The lowest BCUT2D eigenvalue weighted by Crippen LogP contribution is -2.54. The third kappa shape index (κ3) is 4.47. The van der Waals surface area contributed by atoms with Gasteiger partial charge in [-0.2, -0.15) is 0 Å². The van der Waals surface area contributed by atoms with Crippen molar-refractivity contribution in [3.8, 4) is 17.2 Å². The molecule has 2 aromatic rings. The number of amides is 2. The van der Waals surface area contributed by atoms with Gasteiger partial charge >= 0.3 is 0 Å². The van der Waals surface area contributed by atoms with E-state index in [1.165, 1.54) is 11.0 Å². The Hall–Kier alpha value is -2.91. The number of nitrogens with one attached hydrogen (secondary N) is 1. The Morgan fingerprint density at radius 3 is 2.60 bits per heavy atom. The van der Waals surface area contributed by atoms with E-state index in [2.05, 4.69) is 21.2 Å². The molecule has 0 bridgehead atoms. The largest absolute Gasteiger partial charge is 0.503 e. The number of hydrogen-bond acceptors (Lipinski definition) is 6. The second-order valence-electron chi connectivity index (χ2n) is 6.17. The molecule has 9 heteroatoms. The number of hydrogen-bond donors (Lipinski definition) is 2. The van der Waals surface area contributed by atoms with E-state index < -0.39 is 11.8 Å². The molecule has 7 nitrogen and oxygen atoms in total. The fourth-order valence-electron chi connectivity index (χ4n) is 2.88. The molecule has 0 atom stereocenters. The fourth-order valence-corrected chi connectivity index (χ4v) is 3.62. The summed E-state index contributed by atoms with van der Waals surface area (Å²) in [6, 6.07) is 10.0. The third-order valence-electron chi connectivity index (χ3n) is 4.15. The van der Waals surface area contributed by atoms with Gasteiger partial charge in [-0.25, -0.2) is 0 Å². The second-order valence-corrected chi connectivity index (χ2v) is 7.41. The summed E-state index contributed by atoms with van der Waals surface area (Å²) < 4.78 is 11.3. The summed E-state index contributed by atoms with van der Waals surface area (Å²) >= 11 is 8.48. The van der Waals surface area contributed by atoms with Crippen molar-refractivity contribution < 1.29 is 24.2 Å². The van der Waals surface area contributed by atoms with Gasteiger partial charge in [0, 0.05) is 6.07 Å². The van der Waals surface area contributed by atoms with E-state index in [0.29, 0.717) is 34.7 Å². The van der Waals surface area contributed by atoms with Gasteiger partial charge in [-0.15, -0.1) is 0 Å². The van der Waals surface area contributed by atoms with Crippen molar-refractivity contribution in [3.63, 3.8) is 0 Å². The summed E-state index contributed by atoms with van der Waals surface area (Å²) in [5, 5.41) is 12.6. The highest BCUT2D eigenvalue weighted by atomic mass is 79.9. The van der Waals surface area contributed by atoms with Gasteiger partial charge < -0.3 is 14.6 Å². The average Bonchev–Trinajstić information content (AvgIpc) is 2.69. The molecule has 1 heterocycles. The first-order valence-corrected chi connectivity index (χ1v) is 10.4. The van der Waals surface area contributed by atoms with Gasteiger partial charge in [0.1, 0.15) is 11.3 Å². The van der Waals surface area contributed by atoms with Crippen LogP contribution < -0.4 is 19.7 Å². The number of carbonyl (C=O) groups is 2. The number of rotatable bonds is 6. The van der Waals surface area contributed by atoms with Gasteiger partial charge in [0.25, 0.3) is 11.8 Å². The van der Waals surface area contributed by atoms with Crippen molar-refractivity contribution in [2.75, 3.05) is 18.1 Å². The summed E-state index contributed by atoms with van der Waals surface area (Å²) in [4.78, 5) is 26.9. The number of phenolic OH excluding ortho intramolecular Hbond substituents is 1. The van der Waals surface area contributed by atoms with Gasteiger partial charge in [0.05, 0.1) is 23.4 Å². The molecular weight excluding hydrogens is 472 g/mol. The summed E-state index contributed by atoms with van der Waals surface area (Å²) in [5.74, 6) is -0.422. The highest BCUT2D eigenvalue weighted by Gasteiger charge is 2.34. The molecular formula is C21H19BrN2O5S. The predicted octanol–water partition coefficient (Wildman–Crippen LogP) is 3.78. The first-order chi connectivity index (χ1) is 14.3. The van der Waals surface area contributed by atoms with E-state index in [9.17, 15) is 14.7 Å². The van der Waals surface area contributed by atoms with Crippen molar-refractivity contribution in [1.29, 1.82) is 0 Å². The molecule has 156 valence electrons. The molecule has 2 N–H and O–H groups in total. The van der Waals surface area contributed by atoms with Crippen LogP contribution in [0.3, 0.4) is 0 Å². The van der Waals surface area contributed by atoms with Gasteiger partial charge in [-0.05, 0) is 77.9 Å². The van der Waals surface area contributed by atoms with E-state index in [0.717, 1.165) is 0 Å². The first kappa shape index (κ1) is 21.8. The van der Waals surface area contributed by atoms with Crippen LogP contribution in [0.1, 0.15) is 19.4 Å². The Morgan fingerprint density at radius 2 is 1.90 bits per heavy atom. The highest BCUT2D eigenvalue weighted by Crippen LogP contribution is 2.36. The molecule has 1 saturated heterocycles. The molecule has 2 amide bonds. The maximum Gasteiger partial charge on any atom is 0.270 e. The number of anilines is 1. The summed E-state index contributed by atoms with van der Waals surface area (Å²) in [5.41, 5.74) is 0.867. The van der Waals surface area contributed by atoms with Crippen molar-refractivity contribution in [2.24, 2.45) is 0 Å². The Labute approximate surface area is 187 Å². The topological polar surface area (TPSA) is 88.1 Å². The van der Waals surface area contributed by atoms with Crippen LogP contribution >= 0.6 is 28.1 Å². The first-order valence-electron chi connectivity index (χ1n) is 9.15. The minimum atomic E-state index is -0.607. The number of aromatic hydroxyl groups is 1. The van der Waals surface area contributed by atoms with Crippen LogP contribution in [0.4, 0.5) is 5.69 Å². The van der Waals surface area contributed by atoms with Gasteiger partial charge in [-0.3, -0.25) is 19.8 Å². The number of halogens is 1. The third-order valence-corrected chi connectivity index (χ3v) is 5.04. The van der Waals surface area contributed by atoms with Crippen LogP contribution in [0.25, 0.3) is 6.08 Å². The molecule has 1 aliphatic rings. The Balaban J connectivity index is 2.02. The molecule has 2 aromatic carbocycles. The Morgan fingerprint density at radius 1 is 1.17 bits per heavy atom. The standard InChI is InChI=1S/C21H19BrN2O5S/c1-3-28-14-7-5-6-13(11-14)24-20(27)15(19(26)23-21(24)30)8-12-9-16(22)18(25)17(10-12)29-4-2/h5-11,25H,3-4H2,1-2H3,(H,23,26,30)/b15-8+. The quantitative estimate of drug-likeness (QED) is 0.363. The minimum Gasteiger partial charge on any atom is -0.503 e. The summed E-state index contributed by atoms with van der Waals surface area (Å²) in [7, 11) is 0. The zero-order chi connectivity index (χ0) is 21.8. The number of benzene rings is 2. The van der Waals surface area contributed by atoms with Crippen LogP contribution in [0.2, 0.25) is 0 Å². The molecule has 3 rings (SSSR count). The van der Waals surface area contributed by atoms with Crippen LogP contribution in [0.5, 0.6) is 17.2 Å². The van der Waals surface area contributed by atoms with E-state index in [1.54, 1.807) is 43.3 Å². The lowest BCUT2D eigenvalue weighted by Gasteiger charge is -2.29. The second kappa shape index (κ2) is 9.27. The maximum atomic E-state index is 13.2. The minimum absolute atomic E-state index is 0.0160. The van der Waals surface area contributed by atoms with Crippen LogP contribution in [-0.4, -0.2) is 35.2 Å². The van der Waals surface area contributed by atoms with Crippen molar-refractivity contribution in [1.82, 2.24) is 5.32 Å². The van der Waals surface area contributed by atoms with Crippen molar-refractivity contribution >= 4 is 56.8 Å². The fraction of sp³-hybridized carbons (Fsp3) is 0.190. The normalized spacial score (nSPS) is 15.4. The molecule has 0 aromatic heterocycles. The van der Waals surface area contributed by atoms with Gasteiger partial charge in [0.2, 0.25) is 0 Å². The Bertz CT molecular complexity index is 1050. The van der Waals surface area contributed by atoms with Crippen molar-refractivity contribution in [3.05, 3.63) is 52.0 Å². The number of nitrogens with zero attached hydrogens (tertiary/aromatic N) is 1. The van der Waals surface area contributed by atoms with Gasteiger partial charge in [-0.1, -0.05) is 6.07 Å². The smallest absolute Gasteiger partial charge is 0.270 e. The lowest BCUT2D eigenvalue weighted by molar-refractivity contribution is -0.122. The maximum absolute atomic E-state index is 13.2. The van der Waals surface area contributed by atoms with E-state index in [1.807, 2.05) is 6.92 Å². The lowest BCUT2D eigenvalue weighted by atomic mass is 10.1. The molecule has 30 heavy (non-hydrogen) atoms. The van der Waals surface area contributed by atoms with E-state index in [-0.39, 0.29) is 22.2 Å². The average molecular weight is 491 g/mol. The van der Waals surface area contributed by atoms with Crippen LogP contribution in [-0.2, 0) is 9.59 Å². The molecule has 0 spiro atoms. The number of thiocarbonyl (C=S) groups is 1. The SMILES string of the molecule is CCOc1cccc(N2C(=O)/C(=C/c3cc(Br)c(O)c(OCC)c3)C(=O)NC2=S)c1. The predicted molar refractivity (Wildman–Crippen MR) is 121 cm³/mol. The van der Waals surface area contributed by atoms with E-state index in [4.69, 9.17) is 21.7 Å². The zero-order valence-corrected chi connectivity index (χ0v) is 18.7. The number of phenols is 1. The molecule has 0 unspecified atom stereocenters. The Kier molecular flexibility index (Phi) is 6.73.